The highest BCUT2D eigenvalue weighted by Crippen LogP contribution is 2.21. The van der Waals surface area contributed by atoms with Crippen molar-refractivity contribution in [3.8, 4) is 0 Å². The van der Waals surface area contributed by atoms with E-state index < -0.39 is 11.4 Å². The summed E-state index contributed by atoms with van der Waals surface area (Å²) < 4.78 is 5.10. The lowest BCUT2D eigenvalue weighted by molar-refractivity contribution is -0.134. The number of carbonyl (C=O) groups is 2. The van der Waals surface area contributed by atoms with E-state index in [4.69, 9.17) is 4.74 Å². The summed E-state index contributed by atoms with van der Waals surface area (Å²) in [6.07, 6.45) is 1.39. The van der Waals surface area contributed by atoms with Crippen LogP contribution in [0.15, 0.2) is 36.4 Å². The quantitative estimate of drug-likeness (QED) is 0.467. The number of hydrogen-bond donors (Lipinski definition) is 0. The molecule has 0 unspecified atom stereocenters. The van der Waals surface area contributed by atoms with Gasteiger partial charge in [0.25, 0.3) is 0 Å². The van der Waals surface area contributed by atoms with Crippen LogP contribution in [0.5, 0.6) is 0 Å². The van der Waals surface area contributed by atoms with Crippen LogP contribution in [0, 0.1) is 5.41 Å². The molecule has 0 radical (unpaired) electrons. The molecular formula is C15H18O3. The summed E-state index contributed by atoms with van der Waals surface area (Å²) in [5, 5.41) is 0. The fraction of sp³-hybridized carbons (Fsp3) is 0.333. The first-order valence-corrected chi connectivity index (χ1v) is 5.80. The SMILES string of the molecule is CC(=O)O/C(=C\C(=O)C(C)(C)C)c1ccccc1. The molecule has 1 aromatic rings. The zero-order chi connectivity index (χ0) is 13.8. The Labute approximate surface area is 107 Å². The third-order valence-corrected chi connectivity index (χ3v) is 2.31. The zero-order valence-electron chi connectivity index (χ0n) is 11.2. The summed E-state index contributed by atoms with van der Waals surface area (Å²) in [4.78, 5) is 23.0. The van der Waals surface area contributed by atoms with Crippen LogP contribution in [0.2, 0.25) is 0 Å². The summed E-state index contributed by atoms with van der Waals surface area (Å²) in [7, 11) is 0. The first-order valence-electron chi connectivity index (χ1n) is 5.80. The molecule has 96 valence electrons. The van der Waals surface area contributed by atoms with Gasteiger partial charge >= 0.3 is 5.97 Å². The number of rotatable bonds is 3. The molecule has 0 saturated carbocycles. The Morgan fingerprint density at radius 2 is 1.67 bits per heavy atom. The van der Waals surface area contributed by atoms with Gasteiger partial charge in [0, 0.05) is 24.0 Å². The largest absolute Gasteiger partial charge is 0.426 e. The maximum Gasteiger partial charge on any atom is 0.308 e. The van der Waals surface area contributed by atoms with Gasteiger partial charge in [-0.15, -0.1) is 0 Å². The average molecular weight is 246 g/mol. The van der Waals surface area contributed by atoms with Crippen molar-refractivity contribution in [1.29, 1.82) is 0 Å². The summed E-state index contributed by atoms with van der Waals surface area (Å²) >= 11 is 0. The second-order valence-corrected chi connectivity index (χ2v) is 5.08. The van der Waals surface area contributed by atoms with Gasteiger partial charge in [-0.2, -0.15) is 0 Å². The van der Waals surface area contributed by atoms with Crippen LogP contribution in [-0.2, 0) is 14.3 Å². The smallest absolute Gasteiger partial charge is 0.308 e. The number of allylic oxidation sites excluding steroid dienone is 1. The Bertz CT molecular complexity index is 464. The Kier molecular flexibility index (Phi) is 4.43. The van der Waals surface area contributed by atoms with Crippen molar-refractivity contribution < 1.29 is 14.3 Å². The van der Waals surface area contributed by atoms with Gasteiger partial charge in [-0.25, -0.2) is 0 Å². The van der Waals surface area contributed by atoms with Crippen LogP contribution in [0.4, 0.5) is 0 Å². The first kappa shape index (κ1) is 14.2. The number of ether oxygens (including phenoxy) is 1. The zero-order valence-corrected chi connectivity index (χ0v) is 11.2. The van der Waals surface area contributed by atoms with E-state index in [1.165, 1.54) is 13.0 Å². The van der Waals surface area contributed by atoms with Crippen LogP contribution in [0.1, 0.15) is 33.3 Å². The second-order valence-electron chi connectivity index (χ2n) is 5.08. The Morgan fingerprint density at radius 1 is 1.11 bits per heavy atom. The van der Waals surface area contributed by atoms with Crippen LogP contribution in [0.25, 0.3) is 5.76 Å². The van der Waals surface area contributed by atoms with Crippen LogP contribution >= 0.6 is 0 Å². The minimum atomic E-state index is -0.500. The summed E-state index contributed by atoms with van der Waals surface area (Å²) in [5.41, 5.74) is 0.213. The van der Waals surface area contributed by atoms with E-state index in [1.807, 2.05) is 39.0 Å². The minimum absolute atomic E-state index is 0.0809. The number of hydrogen-bond acceptors (Lipinski definition) is 3. The molecule has 0 N–H and O–H groups in total. The monoisotopic (exact) mass is 246 g/mol. The Morgan fingerprint density at radius 3 is 2.11 bits per heavy atom. The molecular weight excluding hydrogens is 228 g/mol. The van der Waals surface area contributed by atoms with Crippen molar-refractivity contribution in [2.24, 2.45) is 5.41 Å². The summed E-state index contributed by atoms with van der Waals surface area (Å²) in [5.74, 6) is -0.225. The van der Waals surface area contributed by atoms with E-state index >= 15 is 0 Å². The van der Waals surface area contributed by atoms with Gasteiger partial charge in [0.05, 0.1) is 0 Å². The molecule has 0 bridgehead atoms. The molecule has 18 heavy (non-hydrogen) atoms. The topological polar surface area (TPSA) is 43.4 Å². The minimum Gasteiger partial charge on any atom is -0.426 e. The van der Waals surface area contributed by atoms with Gasteiger partial charge < -0.3 is 4.74 Å². The van der Waals surface area contributed by atoms with Crippen LogP contribution in [0.3, 0.4) is 0 Å². The van der Waals surface area contributed by atoms with Crippen molar-refractivity contribution >= 4 is 17.5 Å². The van der Waals surface area contributed by atoms with Crippen molar-refractivity contribution in [3.63, 3.8) is 0 Å². The van der Waals surface area contributed by atoms with E-state index in [2.05, 4.69) is 0 Å². The maximum absolute atomic E-state index is 12.0. The lowest BCUT2D eigenvalue weighted by atomic mass is 9.90. The standard InChI is InChI=1S/C15H18O3/c1-11(16)18-13(10-14(17)15(2,3)4)12-8-6-5-7-9-12/h5-10H,1-4H3/b13-10-. The van der Waals surface area contributed by atoms with E-state index in [-0.39, 0.29) is 5.78 Å². The number of ketones is 1. The number of carbonyl (C=O) groups excluding carboxylic acids is 2. The Balaban J connectivity index is 3.11. The lowest BCUT2D eigenvalue weighted by Gasteiger charge is -2.15. The van der Waals surface area contributed by atoms with Crippen molar-refractivity contribution in [2.75, 3.05) is 0 Å². The second kappa shape index (κ2) is 5.63. The van der Waals surface area contributed by atoms with Crippen molar-refractivity contribution in [3.05, 3.63) is 42.0 Å². The van der Waals surface area contributed by atoms with E-state index in [0.717, 1.165) is 0 Å². The molecule has 0 fully saturated rings. The molecule has 0 amide bonds. The molecule has 0 aromatic heterocycles. The molecule has 0 spiro atoms. The number of esters is 1. The van der Waals surface area contributed by atoms with Gasteiger partial charge in [0.1, 0.15) is 5.76 Å². The van der Waals surface area contributed by atoms with Gasteiger partial charge in [-0.1, -0.05) is 51.1 Å². The fourth-order valence-corrected chi connectivity index (χ4v) is 1.26. The average Bonchev–Trinajstić information content (AvgIpc) is 2.27. The maximum atomic E-state index is 12.0. The molecule has 0 aliphatic heterocycles. The summed E-state index contributed by atoms with van der Waals surface area (Å²) in [6, 6.07) is 9.11. The first-order chi connectivity index (χ1) is 8.30. The molecule has 1 aromatic carbocycles. The van der Waals surface area contributed by atoms with E-state index in [9.17, 15) is 9.59 Å². The molecule has 1 rings (SSSR count). The van der Waals surface area contributed by atoms with Gasteiger partial charge in [-0.3, -0.25) is 9.59 Å². The molecule has 0 saturated heterocycles. The van der Waals surface area contributed by atoms with E-state index in [1.54, 1.807) is 12.1 Å². The van der Waals surface area contributed by atoms with Gasteiger partial charge in [0.15, 0.2) is 5.78 Å². The highest BCUT2D eigenvalue weighted by molar-refractivity contribution is 5.99. The lowest BCUT2D eigenvalue weighted by Crippen LogP contribution is -2.18. The fourth-order valence-electron chi connectivity index (χ4n) is 1.26. The van der Waals surface area contributed by atoms with Gasteiger partial charge in [-0.05, 0) is 0 Å². The molecule has 0 aliphatic carbocycles. The normalized spacial score (nSPS) is 12.1. The van der Waals surface area contributed by atoms with Crippen LogP contribution < -0.4 is 0 Å². The predicted octanol–water partition coefficient (Wildman–Crippen LogP) is 3.21. The molecule has 0 atom stereocenters. The number of benzene rings is 1. The van der Waals surface area contributed by atoms with Crippen molar-refractivity contribution in [2.45, 2.75) is 27.7 Å². The van der Waals surface area contributed by atoms with Crippen molar-refractivity contribution in [1.82, 2.24) is 0 Å². The molecule has 0 heterocycles. The third kappa shape index (κ3) is 4.17. The molecule has 3 nitrogen and oxygen atoms in total. The van der Waals surface area contributed by atoms with E-state index in [0.29, 0.717) is 11.3 Å². The Hall–Kier alpha value is -1.90. The highest BCUT2D eigenvalue weighted by atomic mass is 16.5. The summed E-state index contributed by atoms with van der Waals surface area (Å²) in [6.45, 7) is 6.78. The molecule has 0 aliphatic rings. The highest BCUT2D eigenvalue weighted by Gasteiger charge is 2.21. The predicted molar refractivity (Wildman–Crippen MR) is 70.6 cm³/mol. The van der Waals surface area contributed by atoms with Crippen LogP contribution in [-0.4, -0.2) is 11.8 Å². The van der Waals surface area contributed by atoms with Gasteiger partial charge in [0.2, 0.25) is 0 Å². The third-order valence-electron chi connectivity index (χ3n) is 2.31. The molecule has 3 heteroatoms.